The fourth-order valence-corrected chi connectivity index (χ4v) is 3.24. The predicted octanol–water partition coefficient (Wildman–Crippen LogP) is 2.16. The van der Waals surface area contributed by atoms with Crippen molar-refractivity contribution in [2.24, 2.45) is 5.92 Å². The van der Waals surface area contributed by atoms with Crippen molar-refractivity contribution in [1.82, 2.24) is 0 Å². The van der Waals surface area contributed by atoms with Crippen LogP contribution < -0.4 is 0 Å². The number of carbonyl (C=O) groups is 3. The summed E-state index contributed by atoms with van der Waals surface area (Å²) in [5, 5.41) is 9.59. The summed E-state index contributed by atoms with van der Waals surface area (Å²) in [7, 11) is 0. The number of fused-ring (bicyclic) bond motifs is 1. The Bertz CT molecular complexity index is 744. The van der Waals surface area contributed by atoms with E-state index in [1.54, 1.807) is 6.08 Å². The summed E-state index contributed by atoms with van der Waals surface area (Å²) in [6.45, 7) is 10.1. The van der Waals surface area contributed by atoms with Gasteiger partial charge in [-0.05, 0) is 31.4 Å². The molecule has 7 heteroatoms. The van der Waals surface area contributed by atoms with Gasteiger partial charge in [0, 0.05) is 18.9 Å². The van der Waals surface area contributed by atoms with Crippen molar-refractivity contribution in [3.63, 3.8) is 0 Å². The van der Waals surface area contributed by atoms with E-state index in [2.05, 4.69) is 13.2 Å². The summed E-state index contributed by atoms with van der Waals surface area (Å²) in [6.07, 6.45) is 4.09. The number of aliphatic hydroxyl groups is 1. The first-order chi connectivity index (χ1) is 13.2. The zero-order valence-electron chi connectivity index (χ0n) is 16.2. The Morgan fingerprint density at radius 3 is 2.75 bits per heavy atom. The van der Waals surface area contributed by atoms with Gasteiger partial charge < -0.3 is 19.3 Å². The van der Waals surface area contributed by atoms with E-state index < -0.39 is 36.0 Å². The normalized spacial score (nSPS) is 28.8. The van der Waals surface area contributed by atoms with Gasteiger partial charge in [0.2, 0.25) is 0 Å². The monoisotopic (exact) mass is 390 g/mol. The Morgan fingerprint density at radius 1 is 1.39 bits per heavy atom. The molecule has 7 nitrogen and oxygen atoms in total. The van der Waals surface area contributed by atoms with Gasteiger partial charge in [0.25, 0.3) is 0 Å². The van der Waals surface area contributed by atoms with Crippen molar-refractivity contribution in [3.8, 4) is 0 Å². The molecule has 0 bridgehead atoms. The first-order valence-corrected chi connectivity index (χ1v) is 9.10. The molecule has 1 aliphatic heterocycles. The van der Waals surface area contributed by atoms with Crippen LogP contribution in [0, 0.1) is 5.92 Å². The molecule has 1 fully saturated rings. The molecule has 2 aliphatic rings. The highest BCUT2D eigenvalue weighted by Crippen LogP contribution is 2.36. The molecular formula is C21H26O7. The lowest BCUT2D eigenvalue weighted by atomic mass is 9.85. The number of esters is 3. The van der Waals surface area contributed by atoms with Crippen LogP contribution in [-0.4, -0.2) is 48.4 Å². The van der Waals surface area contributed by atoms with Gasteiger partial charge in [-0.3, -0.25) is 4.79 Å². The van der Waals surface area contributed by atoms with Crippen LogP contribution in [0.25, 0.3) is 0 Å². The first kappa shape index (κ1) is 21.6. The van der Waals surface area contributed by atoms with E-state index in [4.69, 9.17) is 14.2 Å². The van der Waals surface area contributed by atoms with Crippen LogP contribution in [0.5, 0.6) is 0 Å². The summed E-state index contributed by atoms with van der Waals surface area (Å²) in [5.41, 5.74) is 1.93. The standard InChI is InChI=1S/C21H26O7/c1-12-6-5-7-16(10-22)9-18-19(14(3)21(25)28-18)17(8-12)27-20(24)13(2)11-26-15(4)23/h6,9,17-19,22H,2-3,5,7-8,10-11H2,1,4H3/b12-6+,16-9-/t17-,18+,19+/m0/s1. The van der Waals surface area contributed by atoms with Crippen LogP contribution in [0.3, 0.4) is 0 Å². The van der Waals surface area contributed by atoms with Crippen molar-refractivity contribution in [2.45, 2.75) is 45.3 Å². The van der Waals surface area contributed by atoms with E-state index in [-0.39, 0.29) is 24.4 Å². The van der Waals surface area contributed by atoms with Crippen molar-refractivity contribution in [1.29, 1.82) is 0 Å². The lowest BCUT2D eigenvalue weighted by molar-refractivity contribution is -0.148. The van der Waals surface area contributed by atoms with E-state index in [0.717, 1.165) is 11.1 Å². The Balaban J connectivity index is 2.28. The van der Waals surface area contributed by atoms with Gasteiger partial charge in [0.05, 0.1) is 18.1 Å². The summed E-state index contributed by atoms with van der Waals surface area (Å²) in [6, 6.07) is 0. The van der Waals surface area contributed by atoms with E-state index in [1.807, 2.05) is 13.0 Å². The minimum Gasteiger partial charge on any atom is -0.461 e. The van der Waals surface area contributed by atoms with Crippen LogP contribution >= 0.6 is 0 Å². The molecule has 0 aromatic heterocycles. The second-order valence-corrected chi connectivity index (χ2v) is 7.02. The Morgan fingerprint density at radius 2 is 2.11 bits per heavy atom. The van der Waals surface area contributed by atoms with Crippen LogP contribution in [-0.2, 0) is 28.6 Å². The van der Waals surface area contributed by atoms with Crippen LogP contribution in [0.1, 0.15) is 33.1 Å². The fourth-order valence-electron chi connectivity index (χ4n) is 3.24. The van der Waals surface area contributed by atoms with Crippen molar-refractivity contribution >= 4 is 17.9 Å². The number of hydrogen-bond donors (Lipinski definition) is 1. The largest absolute Gasteiger partial charge is 0.461 e. The average Bonchev–Trinajstić information content (AvgIpc) is 2.91. The third kappa shape index (κ3) is 5.42. The highest BCUT2D eigenvalue weighted by Gasteiger charge is 2.44. The summed E-state index contributed by atoms with van der Waals surface area (Å²) >= 11 is 0. The molecule has 0 radical (unpaired) electrons. The van der Waals surface area contributed by atoms with E-state index >= 15 is 0 Å². The number of ether oxygens (including phenoxy) is 3. The maximum atomic E-state index is 12.4. The van der Waals surface area contributed by atoms with Crippen LogP contribution in [0.15, 0.2) is 47.6 Å². The lowest BCUT2D eigenvalue weighted by Gasteiger charge is -2.27. The zero-order chi connectivity index (χ0) is 20.8. The lowest BCUT2D eigenvalue weighted by Crippen LogP contribution is -2.34. The molecule has 0 unspecified atom stereocenters. The second kappa shape index (κ2) is 9.50. The molecule has 0 aromatic carbocycles. The Labute approximate surface area is 164 Å². The Kier molecular flexibility index (Phi) is 7.34. The second-order valence-electron chi connectivity index (χ2n) is 7.02. The molecule has 1 N–H and O–H groups in total. The zero-order valence-corrected chi connectivity index (χ0v) is 16.2. The van der Waals surface area contributed by atoms with Gasteiger partial charge in [0.15, 0.2) is 0 Å². The molecule has 1 heterocycles. The molecule has 0 spiro atoms. The maximum absolute atomic E-state index is 12.4. The molecule has 1 saturated heterocycles. The van der Waals surface area contributed by atoms with Crippen molar-refractivity contribution in [3.05, 3.63) is 47.6 Å². The SMILES string of the molecule is C=C(COC(C)=O)C(=O)O[C@H]1C/C(C)=C/CC/C(CO)=C/[C@H]2OC(=O)C(=C)[C@H]12. The predicted molar refractivity (Wildman–Crippen MR) is 101 cm³/mol. The molecular weight excluding hydrogens is 364 g/mol. The van der Waals surface area contributed by atoms with Gasteiger partial charge in [-0.15, -0.1) is 0 Å². The molecule has 152 valence electrons. The highest BCUT2D eigenvalue weighted by atomic mass is 16.6. The van der Waals surface area contributed by atoms with E-state index in [1.165, 1.54) is 6.92 Å². The quantitative estimate of drug-likeness (QED) is 0.332. The highest BCUT2D eigenvalue weighted by molar-refractivity contribution is 5.92. The minimum atomic E-state index is -0.714. The third-order valence-corrected chi connectivity index (χ3v) is 4.74. The van der Waals surface area contributed by atoms with Gasteiger partial charge in [-0.2, -0.15) is 0 Å². The first-order valence-electron chi connectivity index (χ1n) is 9.10. The molecule has 28 heavy (non-hydrogen) atoms. The molecule has 0 amide bonds. The van der Waals surface area contributed by atoms with Crippen LogP contribution in [0.4, 0.5) is 0 Å². The number of aliphatic hydroxyl groups excluding tert-OH is 1. The van der Waals surface area contributed by atoms with Gasteiger partial charge in [0.1, 0.15) is 18.8 Å². The fraction of sp³-hybridized carbons (Fsp3) is 0.476. The summed E-state index contributed by atoms with van der Waals surface area (Å²) < 4.78 is 15.8. The molecule has 0 saturated carbocycles. The average molecular weight is 390 g/mol. The number of carbonyl (C=O) groups excluding carboxylic acids is 3. The molecule has 1 aliphatic carbocycles. The van der Waals surface area contributed by atoms with E-state index in [9.17, 15) is 19.5 Å². The van der Waals surface area contributed by atoms with Crippen molar-refractivity contribution < 1.29 is 33.7 Å². The topological polar surface area (TPSA) is 99.1 Å². The number of allylic oxidation sites excluding steroid dienone is 1. The third-order valence-electron chi connectivity index (χ3n) is 4.74. The molecule has 3 atom stereocenters. The van der Waals surface area contributed by atoms with E-state index in [0.29, 0.717) is 19.3 Å². The summed E-state index contributed by atoms with van der Waals surface area (Å²) in [4.78, 5) is 35.5. The summed E-state index contributed by atoms with van der Waals surface area (Å²) in [5.74, 6) is -2.38. The molecule has 0 aromatic rings. The smallest absolute Gasteiger partial charge is 0.337 e. The van der Waals surface area contributed by atoms with Crippen molar-refractivity contribution in [2.75, 3.05) is 13.2 Å². The van der Waals surface area contributed by atoms with Gasteiger partial charge >= 0.3 is 17.9 Å². The maximum Gasteiger partial charge on any atom is 0.337 e. The number of rotatable bonds is 5. The molecule has 2 rings (SSSR count). The van der Waals surface area contributed by atoms with Crippen LogP contribution in [0.2, 0.25) is 0 Å². The number of hydrogen-bond acceptors (Lipinski definition) is 7. The van der Waals surface area contributed by atoms with Gasteiger partial charge in [-0.1, -0.05) is 24.8 Å². The Hall–Kier alpha value is -2.67. The van der Waals surface area contributed by atoms with Gasteiger partial charge in [-0.25, -0.2) is 9.59 Å². The minimum absolute atomic E-state index is 0.00656.